The number of hydrogen-bond donors (Lipinski definition) is 0. The van der Waals surface area contributed by atoms with Gasteiger partial charge < -0.3 is 4.57 Å². The molecular formula is C20H17N3. The number of nitriles is 1. The van der Waals surface area contributed by atoms with Gasteiger partial charge in [0.2, 0.25) is 0 Å². The average molecular weight is 299 g/mol. The van der Waals surface area contributed by atoms with Crippen molar-refractivity contribution in [2.24, 2.45) is 0 Å². The number of pyridine rings is 1. The molecule has 1 aromatic carbocycles. The fourth-order valence-corrected chi connectivity index (χ4v) is 2.78. The zero-order chi connectivity index (χ0) is 16.2. The number of benzene rings is 1. The summed E-state index contributed by atoms with van der Waals surface area (Å²) in [7, 11) is 0. The summed E-state index contributed by atoms with van der Waals surface area (Å²) in [6, 6.07) is 18.1. The first-order valence-electron chi connectivity index (χ1n) is 7.47. The quantitative estimate of drug-likeness (QED) is 0.666. The van der Waals surface area contributed by atoms with E-state index in [0.717, 1.165) is 28.2 Å². The second-order valence-electron chi connectivity index (χ2n) is 5.40. The fourth-order valence-electron chi connectivity index (χ4n) is 2.78. The zero-order valence-corrected chi connectivity index (χ0v) is 13.2. The molecule has 3 heteroatoms. The van der Waals surface area contributed by atoms with Gasteiger partial charge in [-0.2, -0.15) is 5.26 Å². The SMILES string of the molecule is Cc1cc(/C=C(/C#N)c2ccccc2)c(C)n1-c1ccncc1. The van der Waals surface area contributed by atoms with Crippen molar-refractivity contribution in [1.82, 2.24) is 9.55 Å². The van der Waals surface area contributed by atoms with Crippen molar-refractivity contribution in [2.45, 2.75) is 13.8 Å². The summed E-state index contributed by atoms with van der Waals surface area (Å²) >= 11 is 0. The Kier molecular flexibility index (Phi) is 4.07. The van der Waals surface area contributed by atoms with Gasteiger partial charge in [-0.1, -0.05) is 30.3 Å². The minimum atomic E-state index is 0.667. The van der Waals surface area contributed by atoms with Gasteiger partial charge in [-0.15, -0.1) is 0 Å². The van der Waals surface area contributed by atoms with Crippen LogP contribution in [0.3, 0.4) is 0 Å². The Morgan fingerprint density at radius 1 is 1.09 bits per heavy atom. The predicted octanol–water partition coefficient (Wildman–Crippen LogP) is 4.55. The molecule has 3 nitrogen and oxygen atoms in total. The number of allylic oxidation sites excluding steroid dienone is 1. The van der Waals surface area contributed by atoms with E-state index in [2.05, 4.69) is 35.5 Å². The van der Waals surface area contributed by atoms with Crippen LogP contribution in [0.4, 0.5) is 0 Å². The molecule has 0 aliphatic carbocycles. The van der Waals surface area contributed by atoms with E-state index in [0.29, 0.717) is 5.57 Å². The molecule has 0 aliphatic rings. The summed E-state index contributed by atoms with van der Waals surface area (Å²) < 4.78 is 2.17. The van der Waals surface area contributed by atoms with Crippen molar-refractivity contribution < 1.29 is 0 Å². The first-order valence-corrected chi connectivity index (χ1v) is 7.47. The molecule has 3 rings (SSSR count). The summed E-state index contributed by atoms with van der Waals surface area (Å²) in [5, 5.41) is 9.49. The van der Waals surface area contributed by atoms with Crippen LogP contribution in [0.2, 0.25) is 0 Å². The molecule has 0 atom stereocenters. The van der Waals surface area contributed by atoms with E-state index < -0.39 is 0 Å². The molecule has 0 saturated carbocycles. The van der Waals surface area contributed by atoms with E-state index in [1.807, 2.05) is 48.5 Å². The lowest BCUT2D eigenvalue weighted by Gasteiger charge is -2.09. The summed E-state index contributed by atoms with van der Waals surface area (Å²) in [6.45, 7) is 4.14. The lowest BCUT2D eigenvalue weighted by molar-refractivity contribution is 0.960. The van der Waals surface area contributed by atoms with Crippen LogP contribution in [0.1, 0.15) is 22.5 Å². The highest BCUT2D eigenvalue weighted by atomic mass is 15.0. The van der Waals surface area contributed by atoms with Gasteiger partial charge in [-0.05, 0) is 49.2 Å². The minimum Gasteiger partial charge on any atom is -0.318 e. The van der Waals surface area contributed by atoms with E-state index in [1.165, 1.54) is 0 Å². The molecule has 112 valence electrons. The predicted molar refractivity (Wildman–Crippen MR) is 93.0 cm³/mol. The van der Waals surface area contributed by atoms with Crippen molar-refractivity contribution in [3.05, 3.63) is 83.4 Å². The maximum Gasteiger partial charge on any atom is 0.0998 e. The molecule has 3 aromatic rings. The smallest absolute Gasteiger partial charge is 0.0998 e. The minimum absolute atomic E-state index is 0.667. The van der Waals surface area contributed by atoms with Crippen molar-refractivity contribution >= 4 is 11.6 Å². The van der Waals surface area contributed by atoms with E-state index in [1.54, 1.807) is 12.4 Å². The molecule has 2 heterocycles. The van der Waals surface area contributed by atoms with Gasteiger partial charge in [0, 0.05) is 29.5 Å². The number of aryl methyl sites for hydroxylation is 1. The van der Waals surface area contributed by atoms with Crippen LogP contribution in [-0.2, 0) is 0 Å². The van der Waals surface area contributed by atoms with Crippen molar-refractivity contribution in [3.63, 3.8) is 0 Å². The van der Waals surface area contributed by atoms with Gasteiger partial charge in [-0.25, -0.2) is 0 Å². The maximum atomic E-state index is 9.49. The largest absolute Gasteiger partial charge is 0.318 e. The summed E-state index contributed by atoms with van der Waals surface area (Å²) in [5.41, 5.74) is 5.97. The monoisotopic (exact) mass is 299 g/mol. The number of aromatic nitrogens is 2. The van der Waals surface area contributed by atoms with Crippen molar-refractivity contribution in [2.75, 3.05) is 0 Å². The first kappa shape index (κ1) is 14.8. The van der Waals surface area contributed by atoms with E-state index in [-0.39, 0.29) is 0 Å². The van der Waals surface area contributed by atoms with E-state index >= 15 is 0 Å². The Hall–Kier alpha value is -3.12. The molecule has 0 radical (unpaired) electrons. The standard InChI is InChI=1S/C20H17N3/c1-15-12-18(13-19(14-21)17-6-4-3-5-7-17)16(2)23(15)20-8-10-22-11-9-20/h3-13H,1-2H3/b19-13-. The topological polar surface area (TPSA) is 41.6 Å². The molecule has 0 N–H and O–H groups in total. The summed E-state index contributed by atoms with van der Waals surface area (Å²) in [5.74, 6) is 0. The van der Waals surface area contributed by atoms with Gasteiger partial charge in [0.15, 0.2) is 0 Å². The lowest BCUT2D eigenvalue weighted by Crippen LogP contribution is -1.98. The lowest BCUT2D eigenvalue weighted by atomic mass is 10.0. The van der Waals surface area contributed by atoms with Crippen LogP contribution in [0, 0.1) is 25.2 Å². The Labute approximate surface area is 136 Å². The number of hydrogen-bond acceptors (Lipinski definition) is 2. The first-order chi connectivity index (χ1) is 11.2. The molecule has 0 saturated heterocycles. The average Bonchev–Trinajstić information content (AvgIpc) is 2.88. The van der Waals surface area contributed by atoms with Crippen molar-refractivity contribution in [3.8, 4) is 11.8 Å². The Morgan fingerprint density at radius 3 is 2.43 bits per heavy atom. The van der Waals surface area contributed by atoms with Gasteiger partial charge >= 0.3 is 0 Å². The Morgan fingerprint density at radius 2 is 1.78 bits per heavy atom. The Balaban J connectivity index is 2.09. The van der Waals surface area contributed by atoms with Crippen LogP contribution < -0.4 is 0 Å². The van der Waals surface area contributed by atoms with Crippen LogP contribution in [0.25, 0.3) is 17.3 Å². The number of rotatable bonds is 3. The summed E-state index contributed by atoms with van der Waals surface area (Å²) in [6.07, 6.45) is 5.53. The highest BCUT2D eigenvalue weighted by Crippen LogP contribution is 2.25. The van der Waals surface area contributed by atoms with E-state index in [9.17, 15) is 5.26 Å². The van der Waals surface area contributed by atoms with Crippen LogP contribution in [0.15, 0.2) is 60.9 Å². The van der Waals surface area contributed by atoms with Gasteiger partial charge in [0.05, 0.1) is 11.6 Å². The highest BCUT2D eigenvalue weighted by molar-refractivity contribution is 5.90. The summed E-state index contributed by atoms with van der Waals surface area (Å²) in [4.78, 5) is 4.07. The van der Waals surface area contributed by atoms with Crippen LogP contribution >= 0.6 is 0 Å². The third kappa shape index (κ3) is 2.93. The second kappa shape index (κ2) is 6.33. The Bertz CT molecular complexity index is 882. The van der Waals surface area contributed by atoms with E-state index in [4.69, 9.17) is 0 Å². The molecule has 0 amide bonds. The second-order valence-corrected chi connectivity index (χ2v) is 5.40. The molecule has 0 spiro atoms. The third-order valence-electron chi connectivity index (χ3n) is 3.90. The molecule has 0 unspecified atom stereocenters. The normalized spacial score (nSPS) is 11.3. The molecule has 0 bridgehead atoms. The fraction of sp³-hybridized carbons (Fsp3) is 0.100. The molecule has 0 fully saturated rings. The van der Waals surface area contributed by atoms with Crippen molar-refractivity contribution in [1.29, 1.82) is 5.26 Å². The molecule has 0 aliphatic heterocycles. The van der Waals surface area contributed by atoms with Crippen LogP contribution in [0.5, 0.6) is 0 Å². The maximum absolute atomic E-state index is 9.49. The van der Waals surface area contributed by atoms with Gasteiger partial charge in [0.25, 0.3) is 0 Å². The molecule has 2 aromatic heterocycles. The highest BCUT2D eigenvalue weighted by Gasteiger charge is 2.10. The van der Waals surface area contributed by atoms with Crippen LogP contribution in [-0.4, -0.2) is 9.55 Å². The number of nitrogens with zero attached hydrogens (tertiary/aromatic N) is 3. The molecule has 23 heavy (non-hydrogen) atoms. The van der Waals surface area contributed by atoms with Gasteiger partial charge in [-0.3, -0.25) is 4.98 Å². The third-order valence-corrected chi connectivity index (χ3v) is 3.90. The zero-order valence-electron chi connectivity index (χ0n) is 13.2. The van der Waals surface area contributed by atoms with Gasteiger partial charge in [0.1, 0.15) is 0 Å². The molecular weight excluding hydrogens is 282 g/mol.